The molecule has 2 saturated carbocycles. The van der Waals surface area contributed by atoms with E-state index < -0.39 is 17.7 Å². The van der Waals surface area contributed by atoms with Crippen molar-refractivity contribution in [3.63, 3.8) is 0 Å². The van der Waals surface area contributed by atoms with Gasteiger partial charge in [-0.15, -0.1) is 0 Å². The molecule has 2 fully saturated rings. The van der Waals surface area contributed by atoms with Crippen molar-refractivity contribution in [3.8, 4) is 0 Å². The van der Waals surface area contributed by atoms with Gasteiger partial charge in [-0.2, -0.15) is 0 Å². The molecule has 1 unspecified atom stereocenters. The van der Waals surface area contributed by atoms with Crippen LogP contribution in [0.15, 0.2) is 0 Å². The Bertz CT molecular complexity index is 226. The highest BCUT2D eigenvalue weighted by Gasteiger charge is 2.52. The zero-order valence-electron chi connectivity index (χ0n) is 7.35. The fourth-order valence-corrected chi connectivity index (χ4v) is 1.52. The Morgan fingerprint density at radius 3 is 2.46 bits per heavy atom. The Kier molecular flexibility index (Phi) is 2.00. The third-order valence-corrected chi connectivity index (χ3v) is 2.85. The lowest BCUT2D eigenvalue weighted by Gasteiger charge is -2.34. The monoisotopic (exact) mass is 189 g/mol. The molecule has 13 heavy (non-hydrogen) atoms. The van der Waals surface area contributed by atoms with E-state index in [-0.39, 0.29) is 6.42 Å². The standard InChI is InChI=1S/C9H13F2NO/c10-9(11)4-3-7(9)8(13)12-5-6-1-2-6/h6-7H,1-5H2,(H,12,13). The Balaban J connectivity index is 1.76. The third kappa shape index (κ3) is 1.81. The maximum Gasteiger partial charge on any atom is 0.259 e. The molecule has 2 rings (SSSR count). The van der Waals surface area contributed by atoms with Crippen LogP contribution in [0.5, 0.6) is 0 Å². The van der Waals surface area contributed by atoms with Crippen molar-refractivity contribution in [1.29, 1.82) is 0 Å². The van der Waals surface area contributed by atoms with E-state index in [1.807, 2.05) is 0 Å². The first kappa shape index (κ1) is 8.91. The van der Waals surface area contributed by atoms with Crippen LogP contribution in [0, 0.1) is 11.8 Å². The largest absolute Gasteiger partial charge is 0.355 e. The van der Waals surface area contributed by atoms with E-state index in [0.717, 1.165) is 12.8 Å². The maximum atomic E-state index is 12.7. The van der Waals surface area contributed by atoms with E-state index in [1.165, 1.54) is 0 Å². The number of carbonyl (C=O) groups excluding carboxylic acids is 1. The quantitative estimate of drug-likeness (QED) is 0.717. The predicted molar refractivity (Wildman–Crippen MR) is 43.4 cm³/mol. The van der Waals surface area contributed by atoms with Gasteiger partial charge in [-0.05, 0) is 25.2 Å². The molecule has 0 bridgehead atoms. The van der Waals surface area contributed by atoms with Crippen LogP contribution in [0.3, 0.4) is 0 Å². The summed E-state index contributed by atoms with van der Waals surface area (Å²) in [5.74, 6) is -3.69. The molecule has 1 amide bonds. The summed E-state index contributed by atoms with van der Waals surface area (Å²) in [6.45, 7) is 0.589. The van der Waals surface area contributed by atoms with E-state index >= 15 is 0 Å². The summed E-state index contributed by atoms with van der Waals surface area (Å²) < 4.78 is 25.5. The minimum absolute atomic E-state index is 0.130. The molecule has 4 heteroatoms. The van der Waals surface area contributed by atoms with Gasteiger partial charge < -0.3 is 5.32 Å². The molecule has 0 aromatic rings. The average molecular weight is 189 g/mol. The molecule has 2 nitrogen and oxygen atoms in total. The smallest absolute Gasteiger partial charge is 0.259 e. The van der Waals surface area contributed by atoms with E-state index in [0.29, 0.717) is 18.9 Å². The molecule has 0 saturated heterocycles. The first-order valence-corrected chi connectivity index (χ1v) is 4.75. The molecule has 1 atom stereocenters. The normalized spacial score (nSPS) is 30.8. The van der Waals surface area contributed by atoms with E-state index in [9.17, 15) is 13.6 Å². The summed E-state index contributed by atoms with van der Waals surface area (Å²) in [5.41, 5.74) is 0. The van der Waals surface area contributed by atoms with Gasteiger partial charge >= 0.3 is 0 Å². The Hall–Kier alpha value is -0.670. The minimum atomic E-state index is -2.74. The van der Waals surface area contributed by atoms with Crippen LogP contribution in [0.1, 0.15) is 25.7 Å². The van der Waals surface area contributed by atoms with Gasteiger partial charge in [-0.1, -0.05) is 0 Å². The third-order valence-electron chi connectivity index (χ3n) is 2.85. The summed E-state index contributed by atoms with van der Waals surface area (Å²) in [6.07, 6.45) is 2.46. The molecule has 0 aromatic heterocycles. The molecule has 0 radical (unpaired) electrons. The Morgan fingerprint density at radius 2 is 2.08 bits per heavy atom. The van der Waals surface area contributed by atoms with Crippen LogP contribution >= 0.6 is 0 Å². The number of halogens is 2. The molecular weight excluding hydrogens is 176 g/mol. The van der Waals surface area contributed by atoms with Gasteiger partial charge in [0.2, 0.25) is 5.91 Å². The van der Waals surface area contributed by atoms with Crippen LogP contribution in [-0.4, -0.2) is 18.4 Å². The number of hydrogen-bond acceptors (Lipinski definition) is 1. The topological polar surface area (TPSA) is 29.1 Å². The summed E-state index contributed by atoms with van der Waals surface area (Å²) >= 11 is 0. The fraction of sp³-hybridized carbons (Fsp3) is 0.889. The van der Waals surface area contributed by atoms with Gasteiger partial charge in [0.05, 0.1) is 0 Å². The van der Waals surface area contributed by atoms with Crippen LogP contribution in [-0.2, 0) is 4.79 Å². The summed E-state index contributed by atoms with van der Waals surface area (Å²) in [7, 11) is 0. The van der Waals surface area contributed by atoms with Gasteiger partial charge in [0.15, 0.2) is 0 Å². The summed E-state index contributed by atoms with van der Waals surface area (Å²) in [4.78, 5) is 11.2. The van der Waals surface area contributed by atoms with Crippen LogP contribution in [0.2, 0.25) is 0 Å². The number of rotatable bonds is 3. The molecule has 0 aliphatic heterocycles. The number of amides is 1. The highest BCUT2D eigenvalue weighted by atomic mass is 19.3. The number of nitrogens with one attached hydrogen (secondary N) is 1. The van der Waals surface area contributed by atoms with Crippen molar-refractivity contribution >= 4 is 5.91 Å². The fourth-order valence-electron chi connectivity index (χ4n) is 1.52. The molecular formula is C9H13F2NO. The number of carbonyl (C=O) groups is 1. The van der Waals surface area contributed by atoms with Gasteiger partial charge in [-0.3, -0.25) is 4.79 Å². The molecule has 74 valence electrons. The maximum absolute atomic E-state index is 12.7. The number of alkyl halides is 2. The second-order valence-corrected chi connectivity index (χ2v) is 4.04. The molecule has 0 aromatic carbocycles. The Labute approximate surface area is 75.7 Å². The van der Waals surface area contributed by atoms with Gasteiger partial charge in [0, 0.05) is 13.0 Å². The Morgan fingerprint density at radius 1 is 1.38 bits per heavy atom. The molecule has 2 aliphatic rings. The lowest BCUT2D eigenvalue weighted by atomic mass is 9.80. The molecule has 1 N–H and O–H groups in total. The summed E-state index contributed by atoms with van der Waals surface area (Å²) in [6, 6.07) is 0. The van der Waals surface area contributed by atoms with Crippen LogP contribution in [0.4, 0.5) is 8.78 Å². The first-order chi connectivity index (χ1) is 6.09. The highest BCUT2D eigenvalue weighted by molar-refractivity contribution is 5.80. The number of hydrogen-bond donors (Lipinski definition) is 1. The second kappa shape index (κ2) is 2.93. The average Bonchev–Trinajstić information content (AvgIpc) is 2.82. The summed E-state index contributed by atoms with van der Waals surface area (Å²) in [5, 5.41) is 2.58. The lowest BCUT2D eigenvalue weighted by molar-refractivity contribution is -0.162. The van der Waals surface area contributed by atoms with Gasteiger partial charge in [0.1, 0.15) is 5.92 Å². The minimum Gasteiger partial charge on any atom is -0.355 e. The SMILES string of the molecule is O=C(NCC1CC1)C1CCC1(F)F. The van der Waals surface area contributed by atoms with Crippen molar-refractivity contribution in [3.05, 3.63) is 0 Å². The zero-order chi connectivity index (χ0) is 9.47. The van der Waals surface area contributed by atoms with Crippen molar-refractivity contribution in [2.75, 3.05) is 6.54 Å². The van der Waals surface area contributed by atoms with Gasteiger partial charge in [0.25, 0.3) is 5.92 Å². The van der Waals surface area contributed by atoms with Crippen molar-refractivity contribution < 1.29 is 13.6 Å². The van der Waals surface area contributed by atoms with Gasteiger partial charge in [-0.25, -0.2) is 8.78 Å². The second-order valence-electron chi connectivity index (χ2n) is 4.04. The molecule has 0 spiro atoms. The highest BCUT2D eigenvalue weighted by Crippen LogP contribution is 2.43. The van der Waals surface area contributed by atoms with E-state index in [4.69, 9.17) is 0 Å². The van der Waals surface area contributed by atoms with Crippen LogP contribution in [0.25, 0.3) is 0 Å². The van der Waals surface area contributed by atoms with Crippen LogP contribution < -0.4 is 5.32 Å². The zero-order valence-corrected chi connectivity index (χ0v) is 7.35. The lowest BCUT2D eigenvalue weighted by Crippen LogP contribution is -2.49. The van der Waals surface area contributed by atoms with Crippen molar-refractivity contribution in [2.24, 2.45) is 11.8 Å². The van der Waals surface area contributed by atoms with Crippen molar-refractivity contribution in [2.45, 2.75) is 31.6 Å². The van der Waals surface area contributed by atoms with Crippen molar-refractivity contribution in [1.82, 2.24) is 5.32 Å². The predicted octanol–water partition coefficient (Wildman–Crippen LogP) is 1.56. The molecule has 2 aliphatic carbocycles. The van der Waals surface area contributed by atoms with E-state index in [1.54, 1.807) is 0 Å². The van der Waals surface area contributed by atoms with E-state index in [2.05, 4.69) is 5.32 Å². The first-order valence-electron chi connectivity index (χ1n) is 4.75. The molecule has 0 heterocycles.